The quantitative estimate of drug-likeness (QED) is 0.271. The van der Waals surface area contributed by atoms with Gasteiger partial charge in [-0.1, -0.05) is 13.0 Å². The van der Waals surface area contributed by atoms with Crippen molar-refractivity contribution in [1.82, 2.24) is 39.2 Å². The number of nitrogens with one attached hydrogen (secondary N) is 1. The molecule has 1 aliphatic heterocycles. The second-order valence-corrected chi connectivity index (χ2v) is 12.5. The van der Waals surface area contributed by atoms with Crippen LogP contribution in [-0.4, -0.2) is 69.6 Å². The Hall–Kier alpha value is -5.02. The van der Waals surface area contributed by atoms with Crippen molar-refractivity contribution < 1.29 is 14.4 Å². The summed E-state index contributed by atoms with van der Waals surface area (Å²) in [6, 6.07) is 6.58. The number of rotatable bonds is 7. The normalized spacial score (nSPS) is 16.6. The highest BCUT2D eigenvalue weighted by atomic mass is 32.1. The number of likely N-dealkylation sites (tertiary alicyclic amines) is 1. The number of primary amides is 1. The van der Waals surface area contributed by atoms with E-state index in [4.69, 9.17) is 5.73 Å². The predicted octanol–water partition coefficient (Wildman–Crippen LogP) is 3.61. The SMILES string of the molecule is Cc1nc2sccn2c1-c1csc(NC(=O)[C@@H]2C[C@@H](C)CN2C(=O)Cn2nc(C(N)=O)c3cc(-c4ccnnc4)ccc32)n1. The molecule has 0 unspecified atom stereocenters. The molecule has 3 N–H and O–H groups in total. The van der Waals surface area contributed by atoms with E-state index in [1.807, 2.05) is 41.3 Å². The van der Waals surface area contributed by atoms with Crippen molar-refractivity contribution >= 4 is 61.4 Å². The highest BCUT2D eigenvalue weighted by molar-refractivity contribution is 7.15. The molecule has 6 aromatic rings. The highest BCUT2D eigenvalue weighted by Gasteiger charge is 2.38. The zero-order chi connectivity index (χ0) is 30.5. The van der Waals surface area contributed by atoms with Gasteiger partial charge in [-0.3, -0.25) is 23.5 Å². The van der Waals surface area contributed by atoms with Gasteiger partial charge >= 0.3 is 0 Å². The van der Waals surface area contributed by atoms with Crippen LogP contribution in [0.2, 0.25) is 0 Å². The van der Waals surface area contributed by atoms with Crippen LogP contribution >= 0.6 is 22.7 Å². The van der Waals surface area contributed by atoms with Gasteiger partial charge in [0.15, 0.2) is 15.8 Å². The minimum atomic E-state index is -0.702. The number of aromatic nitrogens is 7. The monoisotopic (exact) mass is 626 g/mol. The molecule has 6 heterocycles. The molecule has 3 amide bonds. The average molecular weight is 627 g/mol. The van der Waals surface area contributed by atoms with Crippen molar-refractivity contribution in [1.29, 1.82) is 0 Å². The first-order chi connectivity index (χ1) is 21.3. The summed E-state index contributed by atoms with van der Waals surface area (Å²) in [5.41, 5.74) is 10.4. The number of amides is 3. The van der Waals surface area contributed by atoms with Crippen LogP contribution in [0.4, 0.5) is 5.13 Å². The van der Waals surface area contributed by atoms with E-state index in [1.54, 1.807) is 46.8 Å². The van der Waals surface area contributed by atoms with Crippen LogP contribution in [0.15, 0.2) is 53.6 Å². The van der Waals surface area contributed by atoms with Crippen LogP contribution in [0.3, 0.4) is 0 Å². The summed E-state index contributed by atoms with van der Waals surface area (Å²) < 4.78 is 3.45. The van der Waals surface area contributed by atoms with E-state index in [9.17, 15) is 14.4 Å². The third-order valence-electron chi connectivity index (χ3n) is 7.73. The summed E-state index contributed by atoms with van der Waals surface area (Å²) in [4.78, 5) is 51.1. The van der Waals surface area contributed by atoms with Crippen LogP contribution in [0, 0.1) is 12.8 Å². The molecule has 15 heteroatoms. The number of nitrogens with two attached hydrogens (primary N) is 1. The molecule has 44 heavy (non-hydrogen) atoms. The Morgan fingerprint density at radius 1 is 1.11 bits per heavy atom. The molecule has 13 nitrogen and oxygen atoms in total. The summed E-state index contributed by atoms with van der Waals surface area (Å²) in [6.45, 7) is 4.21. The van der Waals surface area contributed by atoms with Gasteiger partial charge in [0.2, 0.25) is 11.8 Å². The predicted molar refractivity (Wildman–Crippen MR) is 166 cm³/mol. The standard InChI is InChI=1S/C29H26N10O3S2/c1-15-9-22(27(42)35-28-34-20(14-44-28)25-16(2)33-29-37(25)7-8-43-29)38(12-15)23(40)13-39-21-4-3-17(18-5-6-31-32-11-18)10-19(21)24(36-39)26(30)41/h3-8,10-11,14-15,22H,9,12-13H2,1-2H3,(H2,30,41)(H,34,35,42)/t15-,22+/m1/s1. The first-order valence-electron chi connectivity index (χ1n) is 13.8. The molecule has 222 valence electrons. The minimum absolute atomic E-state index is 0.0634. The number of anilines is 1. The molecule has 1 fully saturated rings. The van der Waals surface area contributed by atoms with Gasteiger partial charge in [0.1, 0.15) is 18.3 Å². The van der Waals surface area contributed by atoms with Gasteiger partial charge < -0.3 is 16.0 Å². The Bertz CT molecular complexity index is 2060. The van der Waals surface area contributed by atoms with Crippen LogP contribution in [-0.2, 0) is 16.1 Å². The number of fused-ring (bicyclic) bond motifs is 2. The maximum Gasteiger partial charge on any atom is 0.269 e. The second-order valence-electron chi connectivity index (χ2n) is 10.8. The van der Waals surface area contributed by atoms with Gasteiger partial charge in [-0.15, -0.1) is 22.7 Å². The van der Waals surface area contributed by atoms with Crippen molar-refractivity contribution in [3.8, 4) is 22.5 Å². The Labute approximate surface area is 258 Å². The number of carbonyl (C=O) groups is 3. The van der Waals surface area contributed by atoms with Gasteiger partial charge in [-0.25, -0.2) is 9.97 Å². The smallest absolute Gasteiger partial charge is 0.269 e. The van der Waals surface area contributed by atoms with Crippen molar-refractivity contribution in [2.45, 2.75) is 32.9 Å². The molecule has 0 aliphatic carbocycles. The number of carbonyl (C=O) groups excluding carboxylic acids is 3. The zero-order valence-corrected chi connectivity index (χ0v) is 25.3. The van der Waals surface area contributed by atoms with Crippen molar-refractivity contribution in [2.24, 2.45) is 11.7 Å². The third-order valence-corrected chi connectivity index (χ3v) is 9.25. The Morgan fingerprint density at radius 2 is 1.98 bits per heavy atom. The van der Waals surface area contributed by atoms with E-state index in [0.717, 1.165) is 33.2 Å². The summed E-state index contributed by atoms with van der Waals surface area (Å²) in [7, 11) is 0. The number of aryl methyl sites for hydroxylation is 1. The number of hydrogen-bond acceptors (Lipinski definition) is 10. The lowest BCUT2D eigenvalue weighted by Gasteiger charge is -2.23. The van der Waals surface area contributed by atoms with Gasteiger partial charge in [-0.2, -0.15) is 15.3 Å². The molecule has 0 bridgehead atoms. The van der Waals surface area contributed by atoms with Gasteiger partial charge in [-0.05, 0) is 43.0 Å². The highest BCUT2D eigenvalue weighted by Crippen LogP contribution is 2.31. The number of benzene rings is 1. The van der Waals surface area contributed by atoms with E-state index in [0.29, 0.717) is 29.0 Å². The topological polar surface area (TPSA) is 166 Å². The van der Waals surface area contributed by atoms with Crippen molar-refractivity contribution in [2.75, 3.05) is 11.9 Å². The third kappa shape index (κ3) is 4.89. The zero-order valence-electron chi connectivity index (χ0n) is 23.7. The van der Waals surface area contributed by atoms with Gasteiger partial charge in [0.25, 0.3) is 5.91 Å². The van der Waals surface area contributed by atoms with Crippen LogP contribution in [0.25, 0.3) is 38.4 Å². The fourth-order valence-corrected chi connectivity index (χ4v) is 7.20. The number of imidazole rings is 1. The Balaban J connectivity index is 1.11. The van der Waals surface area contributed by atoms with E-state index in [2.05, 4.69) is 30.6 Å². The number of nitrogens with zero attached hydrogens (tertiary/aromatic N) is 8. The lowest BCUT2D eigenvalue weighted by Crippen LogP contribution is -2.44. The number of thiazole rings is 2. The summed E-state index contributed by atoms with van der Waals surface area (Å²) in [5.74, 6) is -1.16. The van der Waals surface area contributed by atoms with E-state index in [1.165, 1.54) is 16.0 Å². The molecule has 1 aliphatic rings. The van der Waals surface area contributed by atoms with Gasteiger partial charge in [0, 0.05) is 34.5 Å². The fraction of sp³-hybridized carbons (Fsp3) is 0.241. The molecule has 1 saturated heterocycles. The molecule has 5 aromatic heterocycles. The van der Waals surface area contributed by atoms with E-state index < -0.39 is 11.9 Å². The summed E-state index contributed by atoms with van der Waals surface area (Å²) >= 11 is 2.87. The lowest BCUT2D eigenvalue weighted by atomic mass is 10.0. The molecule has 0 spiro atoms. The minimum Gasteiger partial charge on any atom is -0.364 e. The lowest BCUT2D eigenvalue weighted by molar-refractivity contribution is -0.137. The largest absolute Gasteiger partial charge is 0.364 e. The number of hydrogen-bond donors (Lipinski definition) is 2. The summed E-state index contributed by atoms with van der Waals surface area (Å²) in [5, 5.41) is 19.9. The van der Waals surface area contributed by atoms with E-state index >= 15 is 0 Å². The maximum absolute atomic E-state index is 13.7. The molecule has 7 rings (SSSR count). The molecule has 0 saturated carbocycles. The molecule has 0 radical (unpaired) electrons. The molecular weight excluding hydrogens is 601 g/mol. The van der Waals surface area contributed by atoms with Crippen molar-refractivity contribution in [3.63, 3.8) is 0 Å². The van der Waals surface area contributed by atoms with Gasteiger partial charge in [0.05, 0.1) is 29.3 Å². The fourth-order valence-electron chi connectivity index (χ4n) is 5.74. The molecule has 2 atom stereocenters. The second kappa shape index (κ2) is 10.9. The Morgan fingerprint density at radius 3 is 2.77 bits per heavy atom. The Kier molecular flexibility index (Phi) is 6.89. The first-order valence-corrected chi connectivity index (χ1v) is 15.6. The average Bonchev–Trinajstić information content (AvgIpc) is 3.83. The first kappa shape index (κ1) is 27.8. The van der Waals surface area contributed by atoms with Crippen LogP contribution < -0.4 is 11.1 Å². The maximum atomic E-state index is 13.7. The molecular formula is C29H26N10O3S2. The van der Waals surface area contributed by atoms with E-state index in [-0.39, 0.29) is 30.0 Å². The van der Waals surface area contributed by atoms with Crippen LogP contribution in [0.5, 0.6) is 0 Å². The van der Waals surface area contributed by atoms with Crippen LogP contribution in [0.1, 0.15) is 29.5 Å². The van der Waals surface area contributed by atoms with Crippen molar-refractivity contribution in [3.05, 3.63) is 65.0 Å². The summed E-state index contributed by atoms with van der Waals surface area (Å²) in [6.07, 6.45) is 5.66. The molecule has 1 aromatic carbocycles.